The molecule has 0 aliphatic heterocycles. The maximum atomic E-state index is 13.7. The minimum Gasteiger partial charge on any atom is -0.340 e. The molecule has 2 aromatic carbocycles. The van der Waals surface area contributed by atoms with Gasteiger partial charge in [-0.05, 0) is 56.2 Å². The molecule has 5 heteroatoms. The molecule has 0 bridgehead atoms. The van der Waals surface area contributed by atoms with Crippen molar-refractivity contribution < 1.29 is 9.18 Å². The minimum absolute atomic E-state index is 0.000562. The van der Waals surface area contributed by atoms with Crippen molar-refractivity contribution in [3.05, 3.63) is 82.8 Å². The average molecular weight is 349 g/mol. The molecule has 0 aliphatic carbocycles. The second-order valence-corrected chi connectivity index (χ2v) is 6.26. The van der Waals surface area contributed by atoms with Crippen LogP contribution in [0.5, 0.6) is 0 Å². The van der Waals surface area contributed by atoms with Crippen molar-refractivity contribution >= 4 is 23.1 Å². The van der Waals surface area contributed by atoms with E-state index in [1.807, 2.05) is 13.8 Å². The van der Waals surface area contributed by atoms with Gasteiger partial charge in [-0.15, -0.1) is 0 Å². The molecule has 0 saturated heterocycles. The lowest BCUT2D eigenvalue weighted by molar-refractivity contribution is 0.102. The number of pyridine rings is 1. The predicted octanol–water partition coefficient (Wildman–Crippen LogP) is 5.14. The van der Waals surface area contributed by atoms with Gasteiger partial charge in [-0.1, -0.05) is 29.8 Å². The molecule has 4 nitrogen and oxygen atoms in total. The fourth-order valence-electron chi connectivity index (χ4n) is 2.89. The number of nitrogens with zero attached hydrogens (tertiary/aromatic N) is 1. The van der Waals surface area contributed by atoms with Crippen molar-refractivity contribution in [2.45, 2.75) is 20.8 Å². The number of anilines is 3. The Morgan fingerprint density at radius 3 is 2.31 bits per heavy atom. The Hall–Kier alpha value is -3.21. The summed E-state index contributed by atoms with van der Waals surface area (Å²) in [4.78, 5) is 16.5. The fourth-order valence-corrected chi connectivity index (χ4v) is 2.89. The summed E-state index contributed by atoms with van der Waals surface area (Å²) in [6.07, 6.45) is 1.54. The smallest absolute Gasteiger partial charge is 0.258 e. The fraction of sp³-hybridized carbons (Fsp3) is 0.143. The van der Waals surface area contributed by atoms with Crippen molar-refractivity contribution in [3.63, 3.8) is 0 Å². The second-order valence-electron chi connectivity index (χ2n) is 6.26. The standard InChI is InChI=1S/C21H20FN3O/c1-13-10-14(2)20(15(3)11-13)25-19-9-8-16(12-23-19)24-21(26)17-6-4-5-7-18(17)22/h4-12H,1-3H3,(H,23,25)(H,24,26). The van der Waals surface area contributed by atoms with Gasteiger partial charge in [0.2, 0.25) is 0 Å². The lowest BCUT2D eigenvalue weighted by Crippen LogP contribution is -2.13. The maximum absolute atomic E-state index is 13.7. The summed E-state index contributed by atoms with van der Waals surface area (Å²) >= 11 is 0. The van der Waals surface area contributed by atoms with Crippen molar-refractivity contribution in [3.8, 4) is 0 Å². The van der Waals surface area contributed by atoms with E-state index in [0.29, 0.717) is 11.5 Å². The molecular weight excluding hydrogens is 329 g/mol. The number of nitrogens with one attached hydrogen (secondary N) is 2. The van der Waals surface area contributed by atoms with E-state index < -0.39 is 11.7 Å². The summed E-state index contributed by atoms with van der Waals surface area (Å²) in [5.41, 5.74) is 5.01. The number of carbonyl (C=O) groups is 1. The van der Waals surface area contributed by atoms with Gasteiger partial charge in [0.1, 0.15) is 11.6 Å². The van der Waals surface area contributed by atoms with E-state index >= 15 is 0 Å². The molecule has 0 atom stereocenters. The quantitative estimate of drug-likeness (QED) is 0.685. The predicted molar refractivity (Wildman–Crippen MR) is 103 cm³/mol. The summed E-state index contributed by atoms with van der Waals surface area (Å²) in [6, 6.07) is 13.6. The SMILES string of the molecule is Cc1cc(C)c(Nc2ccc(NC(=O)c3ccccc3F)cn2)c(C)c1. The van der Waals surface area contributed by atoms with Gasteiger partial charge in [0, 0.05) is 5.69 Å². The van der Waals surface area contributed by atoms with Crippen LogP contribution in [0.4, 0.5) is 21.6 Å². The van der Waals surface area contributed by atoms with Crippen molar-refractivity contribution in [1.29, 1.82) is 0 Å². The zero-order chi connectivity index (χ0) is 18.7. The highest BCUT2D eigenvalue weighted by atomic mass is 19.1. The molecular formula is C21H20FN3O. The Labute approximate surface area is 152 Å². The summed E-state index contributed by atoms with van der Waals surface area (Å²) in [5, 5.41) is 5.96. The Bertz CT molecular complexity index is 929. The van der Waals surface area contributed by atoms with Crippen LogP contribution in [-0.4, -0.2) is 10.9 Å². The van der Waals surface area contributed by atoms with Crippen LogP contribution in [0.15, 0.2) is 54.7 Å². The Balaban J connectivity index is 1.73. The van der Waals surface area contributed by atoms with Crippen LogP contribution in [0, 0.1) is 26.6 Å². The first-order valence-electron chi connectivity index (χ1n) is 8.31. The van der Waals surface area contributed by atoms with Crippen LogP contribution < -0.4 is 10.6 Å². The number of halogens is 1. The summed E-state index contributed by atoms with van der Waals surface area (Å²) in [6.45, 7) is 6.16. The number of amides is 1. The van der Waals surface area contributed by atoms with E-state index in [1.165, 1.54) is 17.7 Å². The lowest BCUT2D eigenvalue weighted by Gasteiger charge is -2.13. The van der Waals surface area contributed by atoms with Gasteiger partial charge >= 0.3 is 0 Å². The first-order valence-corrected chi connectivity index (χ1v) is 8.31. The van der Waals surface area contributed by atoms with Crippen LogP contribution in [0.1, 0.15) is 27.0 Å². The van der Waals surface area contributed by atoms with Crippen LogP contribution in [-0.2, 0) is 0 Å². The Kier molecular flexibility index (Phi) is 4.98. The molecule has 3 rings (SSSR count). The van der Waals surface area contributed by atoms with E-state index in [1.54, 1.807) is 30.5 Å². The normalized spacial score (nSPS) is 10.5. The number of aromatic nitrogens is 1. The molecule has 1 aromatic heterocycles. The van der Waals surface area contributed by atoms with Gasteiger partial charge in [0.15, 0.2) is 0 Å². The highest BCUT2D eigenvalue weighted by Crippen LogP contribution is 2.25. The molecule has 0 fully saturated rings. The summed E-state index contributed by atoms with van der Waals surface area (Å²) in [7, 11) is 0. The van der Waals surface area contributed by atoms with E-state index in [0.717, 1.165) is 16.8 Å². The molecule has 0 saturated carbocycles. The lowest BCUT2D eigenvalue weighted by atomic mass is 10.1. The Morgan fingerprint density at radius 1 is 1.00 bits per heavy atom. The highest BCUT2D eigenvalue weighted by molar-refractivity contribution is 6.04. The molecule has 2 N–H and O–H groups in total. The third kappa shape index (κ3) is 3.88. The third-order valence-corrected chi connectivity index (χ3v) is 4.07. The van der Waals surface area contributed by atoms with Gasteiger partial charge in [-0.3, -0.25) is 4.79 Å². The molecule has 0 aliphatic rings. The van der Waals surface area contributed by atoms with Crippen molar-refractivity contribution in [1.82, 2.24) is 4.98 Å². The first kappa shape index (κ1) is 17.6. The average Bonchev–Trinajstić information content (AvgIpc) is 2.60. The zero-order valence-corrected chi connectivity index (χ0v) is 14.9. The van der Waals surface area contributed by atoms with Crippen LogP contribution in [0.25, 0.3) is 0 Å². The van der Waals surface area contributed by atoms with E-state index in [-0.39, 0.29) is 5.56 Å². The topological polar surface area (TPSA) is 54.0 Å². The van der Waals surface area contributed by atoms with Crippen molar-refractivity contribution in [2.75, 3.05) is 10.6 Å². The maximum Gasteiger partial charge on any atom is 0.258 e. The minimum atomic E-state index is -0.554. The second kappa shape index (κ2) is 7.35. The molecule has 0 spiro atoms. The first-order chi connectivity index (χ1) is 12.4. The van der Waals surface area contributed by atoms with E-state index in [2.05, 4.69) is 34.7 Å². The number of aryl methyl sites for hydroxylation is 3. The summed E-state index contributed by atoms with van der Waals surface area (Å²) < 4.78 is 13.7. The monoisotopic (exact) mass is 349 g/mol. The Morgan fingerprint density at radius 2 is 1.69 bits per heavy atom. The van der Waals surface area contributed by atoms with Crippen LogP contribution >= 0.6 is 0 Å². The van der Waals surface area contributed by atoms with Crippen molar-refractivity contribution in [2.24, 2.45) is 0 Å². The van der Waals surface area contributed by atoms with Crippen LogP contribution in [0.2, 0.25) is 0 Å². The molecule has 1 heterocycles. The molecule has 3 aromatic rings. The molecule has 0 unspecified atom stereocenters. The van der Waals surface area contributed by atoms with Gasteiger partial charge in [-0.2, -0.15) is 0 Å². The molecule has 132 valence electrons. The van der Waals surface area contributed by atoms with Gasteiger partial charge in [0.25, 0.3) is 5.91 Å². The summed E-state index contributed by atoms with van der Waals surface area (Å²) in [5.74, 6) is -0.388. The van der Waals surface area contributed by atoms with Gasteiger partial charge in [-0.25, -0.2) is 9.37 Å². The molecule has 0 radical (unpaired) electrons. The number of rotatable bonds is 4. The number of carbonyl (C=O) groups excluding carboxylic acids is 1. The van der Waals surface area contributed by atoms with Gasteiger partial charge < -0.3 is 10.6 Å². The molecule has 1 amide bonds. The number of benzene rings is 2. The van der Waals surface area contributed by atoms with Gasteiger partial charge in [0.05, 0.1) is 17.4 Å². The highest BCUT2D eigenvalue weighted by Gasteiger charge is 2.11. The zero-order valence-electron chi connectivity index (χ0n) is 14.9. The molecule has 26 heavy (non-hydrogen) atoms. The number of hydrogen-bond acceptors (Lipinski definition) is 3. The van der Waals surface area contributed by atoms with E-state index in [4.69, 9.17) is 0 Å². The van der Waals surface area contributed by atoms with E-state index in [9.17, 15) is 9.18 Å². The number of hydrogen-bond donors (Lipinski definition) is 2. The largest absolute Gasteiger partial charge is 0.340 e. The third-order valence-electron chi connectivity index (χ3n) is 4.07. The van der Waals surface area contributed by atoms with Crippen LogP contribution in [0.3, 0.4) is 0 Å².